The molecule has 1 aliphatic carbocycles. The van der Waals surface area contributed by atoms with Gasteiger partial charge in [-0.1, -0.05) is 92.2 Å². The first-order valence-corrected chi connectivity index (χ1v) is 9.66. The highest BCUT2D eigenvalue weighted by atomic mass is 14.3. The Morgan fingerprint density at radius 2 is 1.58 bits per heavy atom. The second-order valence-electron chi connectivity index (χ2n) is 7.45. The molecule has 0 saturated carbocycles. The monoisotopic (exact) mass is 338 g/mol. The summed E-state index contributed by atoms with van der Waals surface area (Å²) in [5, 5.41) is 0. The minimum absolute atomic E-state index is 0.646. The first-order chi connectivity index (χ1) is 12.7. The maximum atomic E-state index is 2.47. The van der Waals surface area contributed by atoms with Crippen LogP contribution in [0.5, 0.6) is 0 Å². The molecule has 1 atom stereocenters. The Labute approximate surface area is 157 Å². The van der Waals surface area contributed by atoms with Gasteiger partial charge in [-0.05, 0) is 64.6 Å². The number of aryl methyl sites for hydroxylation is 1. The SMILES string of the molecule is CCC(C)C1=Cc2c(ccc(-c3ccccc3)c2-c2ccccc2C)C1. The van der Waals surface area contributed by atoms with Crippen LogP contribution in [-0.2, 0) is 6.42 Å². The lowest BCUT2D eigenvalue weighted by atomic mass is 9.87. The summed E-state index contributed by atoms with van der Waals surface area (Å²) in [6.45, 7) is 6.85. The van der Waals surface area contributed by atoms with Crippen molar-refractivity contribution in [3.63, 3.8) is 0 Å². The molecule has 3 aromatic rings. The van der Waals surface area contributed by atoms with Crippen LogP contribution in [0.15, 0.2) is 72.3 Å². The molecule has 3 aromatic carbocycles. The smallest absolute Gasteiger partial charge is 0.00273 e. The standard InChI is InChI=1S/C26H26/c1-4-18(2)22-16-21-14-15-24(20-11-6-5-7-12-20)26(25(21)17-22)23-13-9-8-10-19(23)3/h5-15,17-18H,4,16H2,1-3H3. The molecule has 130 valence electrons. The minimum atomic E-state index is 0.646. The van der Waals surface area contributed by atoms with E-state index in [2.05, 4.69) is 93.6 Å². The molecule has 0 saturated heterocycles. The third kappa shape index (κ3) is 2.90. The molecule has 1 aliphatic rings. The van der Waals surface area contributed by atoms with Crippen molar-refractivity contribution in [3.05, 3.63) is 89.0 Å². The summed E-state index contributed by atoms with van der Waals surface area (Å²) in [6.07, 6.45) is 4.76. The Bertz CT molecular complexity index is 961. The summed E-state index contributed by atoms with van der Waals surface area (Å²) in [5.41, 5.74) is 11.2. The van der Waals surface area contributed by atoms with Gasteiger partial charge in [-0.25, -0.2) is 0 Å². The molecule has 0 radical (unpaired) electrons. The summed E-state index contributed by atoms with van der Waals surface area (Å²) in [6, 6.07) is 24.2. The van der Waals surface area contributed by atoms with E-state index in [4.69, 9.17) is 0 Å². The molecule has 0 amide bonds. The molecule has 0 spiro atoms. The second-order valence-corrected chi connectivity index (χ2v) is 7.45. The van der Waals surface area contributed by atoms with Gasteiger partial charge in [0.15, 0.2) is 0 Å². The highest BCUT2D eigenvalue weighted by molar-refractivity contribution is 5.93. The van der Waals surface area contributed by atoms with E-state index in [0.29, 0.717) is 5.92 Å². The number of hydrogen-bond donors (Lipinski definition) is 0. The lowest BCUT2D eigenvalue weighted by Crippen LogP contribution is -1.97. The number of fused-ring (bicyclic) bond motifs is 1. The van der Waals surface area contributed by atoms with Gasteiger partial charge in [-0.2, -0.15) is 0 Å². The average Bonchev–Trinajstić information content (AvgIpc) is 3.12. The Morgan fingerprint density at radius 3 is 2.31 bits per heavy atom. The maximum Gasteiger partial charge on any atom is -0.00273 e. The van der Waals surface area contributed by atoms with Crippen molar-refractivity contribution < 1.29 is 0 Å². The van der Waals surface area contributed by atoms with E-state index in [1.807, 2.05) is 0 Å². The Balaban J connectivity index is 1.99. The zero-order valence-electron chi connectivity index (χ0n) is 15.9. The first kappa shape index (κ1) is 16.8. The Hall–Kier alpha value is -2.60. The molecule has 26 heavy (non-hydrogen) atoms. The highest BCUT2D eigenvalue weighted by Crippen LogP contribution is 2.43. The summed E-state index contributed by atoms with van der Waals surface area (Å²) in [5.74, 6) is 0.646. The van der Waals surface area contributed by atoms with Gasteiger partial charge in [0.2, 0.25) is 0 Å². The molecule has 0 nitrogen and oxygen atoms in total. The second kappa shape index (κ2) is 6.96. The van der Waals surface area contributed by atoms with Gasteiger partial charge in [0, 0.05) is 0 Å². The topological polar surface area (TPSA) is 0 Å². The van der Waals surface area contributed by atoms with Crippen LogP contribution in [0, 0.1) is 12.8 Å². The number of hydrogen-bond acceptors (Lipinski definition) is 0. The van der Waals surface area contributed by atoms with Gasteiger partial charge in [-0.3, -0.25) is 0 Å². The summed E-state index contributed by atoms with van der Waals surface area (Å²) in [7, 11) is 0. The van der Waals surface area contributed by atoms with Crippen molar-refractivity contribution in [2.75, 3.05) is 0 Å². The lowest BCUT2D eigenvalue weighted by Gasteiger charge is -2.17. The highest BCUT2D eigenvalue weighted by Gasteiger charge is 2.22. The fourth-order valence-electron chi connectivity index (χ4n) is 4.02. The van der Waals surface area contributed by atoms with E-state index in [0.717, 1.165) is 6.42 Å². The first-order valence-electron chi connectivity index (χ1n) is 9.66. The van der Waals surface area contributed by atoms with Crippen LogP contribution in [0.2, 0.25) is 0 Å². The fourth-order valence-corrected chi connectivity index (χ4v) is 4.02. The van der Waals surface area contributed by atoms with E-state index < -0.39 is 0 Å². The van der Waals surface area contributed by atoms with Crippen molar-refractivity contribution in [2.24, 2.45) is 5.92 Å². The van der Waals surface area contributed by atoms with Crippen LogP contribution < -0.4 is 0 Å². The molecule has 4 rings (SSSR count). The van der Waals surface area contributed by atoms with E-state index in [1.165, 1.54) is 45.4 Å². The van der Waals surface area contributed by atoms with Gasteiger partial charge < -0.3 is 0 Å². The third-order valence-corrected chi connectivity index (χ3v) is 5.80. The van der Waals surface area contributed by atoms with Gasteiger partial charge in [-0.15, -0.1) is 0 Å². The van der Waals surface area contributed by atoms with Gasteiger partial charge >= 0.3 is 0 Å². The van der Waals surface area contributed by atoms with Crippen LogP contribution in [0.1, 0.15) is 37.0 Å². The molecule has 0 heteroatoms. The maximum absolute atomic E-state index is 2.47. The largest absolute Gasteiger partial charge is 0.0648 e. The predicted octanol–water partition coefficient (Wildman–Crippen LogP) is 7.31. The van der Waals surface area contributed by atoms with Crippen molar-refractivity contribution in [2.45, 2.75) is 33.6 Å². The van der Waals surface area contributed by atoms with E-state index in [9.17, 15) is 0 Å². The predicted molar refractivity (Wildman–Crippen MR) is 113 cm³/mol. The quantitative estimate of drug-likeness (QED) is 0.467. The summed E-state index contributed by atoms with van der Waals surface area (Å²) >= 11 is 0. The normalized spacial score (nSPS) is 14.0. The van der Waals surface area contributed by atoms with Gasteiger partial charge in [0.1, 0.15) is 0 Å². The van der Waals surface area contributed by atoms with Crippen LogP contribution in [-0.4, -0.2) is 0 Å². The molecular formula is C26H26. The van der Waals surface area contributed by atoms with E-state index in [1.54, 1.807) is 5.57 Å². The lowest BCUT2D eigenvalue weighted by molar-refractivity contribution is 0.647. The number of allylic oxidation sites excluding steroid dienone is 1. The Morgan fingerprint density at radius 1 is 0.846 bits per heavy atom. The third-order valence-electron chi connectivity index (χ3n) is 5.80. The number of rotatable bonds is 4. The molecule has 1 unspecified atom stereocenters. The molecule has 0 aromatic heterocycles. The van der Waals surface area contributed by atoms with Gasteiger partial charge in [0.05, 0.1) is 0 Å². The molecule has 0 aliphatic heterocycles. The van der Waals surface area contributed by atoms with Gasteiger partial charge in [0.25, 0.3) is 0 Å². The van der Waals surface area contributed by atoms with Crippen molar-refractivity contribution in [1.82, 2.24) is 0 Å². The zero-order chi connectivity index (χ0) is 18.1. The fraction of sp³-hybridized carbons (Fsp3) is 0.231. The van der Waals surface area contributed by atoms with E-state index >= 15 is 0 Å². The van der Waals surface area contributed by atoms with Crippen molar-refractivity contribution >= 4 is 6.08 Å². The minimum Gasteiger partial charge on any atom is -0.0648 e. The molecule has 0 fully saturated rings. The average molecular weight is 338 g/mol. The van der Waals surface area contributed by atoms with Crippen LogP contribution in [0.3, 0.4) is 0 Å². The summed E-state index contributed by atoms with van der Waals surface area (Å²) < 4.78 is 0. The van der Waals surface area contributed by atoms with Crippen LogP contribution >= 0.6 is 0 Å². The van der Waals surface area contributed by atoms with Crippen LogP contribution in [0.4, 0.5) is 0 Å². The van der Waals surface area contributed by atoms with E-state index in [-0.39, 0.29) is 0 Å². The Kier molecular flexibility index (Phi) is 4.51. The van der Waals surface area contributed by atoms with Crippen molar-refractivity contribution in [1.29, 1.82) is 0 Å². The zero-order valence-corrected chi connectivity index (χ0v) is 15.9. The summed E-state index contributed by atoms with van der Waals surface area (Å²) in [4.78, 5) is 0. The molecule has 0 N–H and O–H groups in total. The van der Waals surface area contributed by atoms with Crippen LogP contribution in [0.25, 0.3) is 28.3 Å². The molecule has 0 heterocycles. The van der Waals surface area contributed by atoms with Crippen molar-refractivity contribution in [3.8, 4) is 22.3 Å². The molecular weight excluding hydrogens is 312 g/mol. The molecule has 0 bridgehead atoms. The number of benzene rings is 3.